The van der Waals surface area contributed by atoms with E-state index in [0.29, 0.717) is 0 Å². The first-order valence-corrected chi connectivity index (χ1v) is 5.85. The van der Waals surface area contributed by atoms with Gasteiger partial charge in [0.2, 0.25) is 0 Å². The second kappa shape index (κ2) is 6.33. The molecule has 0 saturated carbocycles. The molecule has 1 aliphatic heterocycles. The highest BCUT2D eigenvalue weighted by Gasteiger charge is 2.20. The van der Waals surface area contributed by atoms with E-state index in [1.807, 2.05) is 0 Å². The van der Waals surface area contributed by atoms with E-state index in [4.69, 9.17) is 17.3 Å². The number of hydrogen-bond donors (Lipinski definition) is 1. The van der Waals surface area contributed by atoms with Gasteiger partial charge in [-0.3, -0.25) is 15.0 Å². The van der Waals surface area contributed by atoms with E-state index in [0.717, 1.165) is 31.6 Å². The molecule has 1 aromatic rings. The molecule has 0 unspecified atom stereocenters. The van der Waals surface area contributed by atoms with Crippen molar-refractivity contribution in [3.8, 4) is 0 Å². The van der Waals surface area contributed by atoms with Gasteiger partial charge in [-0.1, -0.05) is 17.7 Å². The number of rotatable bonds is 3. The number of nitrogens with two attached hydrogens (primary N) is 1. The minimum absolute atomic E-state index is 0. The van der Waals surface area contributed by atoms with Crippen LogP contribution < -0.4 is 5.73 Å². The van der Waals surface area contributed by atoms with Crippen LogP contribution in [0.15, 0.2) is 18.2 Å². The predicted octanol–water partition coefficient (Wildman–Crippen LogP) is 2.20. The minimum atomic E-state index is -0.474. The standard InChI is InChI=1S/C11H14ClN3O2.ClH/c12-10-5-8(1-2-11(10)15(16)17)6-14-4-3-9(13)7-14;/h1-2,5,9H,3-4,6-7,13H2;1H/t9-;/m1./s1. The van der Waals surface area contributed by atoms with Crippen LogP contribution in [0.25, 0.3) is 0 Å². The minimum Gasteiger partial charge on any atom is -0.326 e. The number of nitro benzene ring substituents is 1. The van der Waals surface area contributed by atoms with E-state index >= 15 is 0 Å². The fourth-order valence-electron chi connectivity index (χ4n) is 2.06. The summed E-state index contributed by atoms with van der Waals surface area (Å²) in [7, 11) is 0. The smallest absolute Gasteiger partial charge is 0.287 e. The molecule has 1 saturated heterocycles. The molecule has 5 nitrogen and oxygen atoms in total. The lowest BCUT2D eigenvalue weighted by Gasteiger charge is -2.15. The summed E-state index contributed by atoms with van der Waals surface area (Å²) < 4.78 is 0. The normalized spacial score (nSPS) is 19.6. The molecule has 1 aromatic carbocycles. The summed E-state index contributed by atoms with van der Waals surface area (Å²) in [5, 5.41) is 10.8. The summed E-state index contributed by atoms with van der Waals surface area (Å²) >= 11 is 5.85. The molecular weight excluding hydrogens is 277 g/mol. The van der Waals surface area contributed by atoms with E-state index in [1.165, 1.54) is 6.07 Å². The van der Waals surface area contributed by atoms with Crippen LogP contribution in [0.5, 0.6) is 0 Å². The van der Waals surface area contributed by atoms with Gasteiger partial charge in [0.15, 0.2) is 0 Å². The van der Waals surface area contributed by atoms with Gasteiger partial charge in [-0.15, -0.1) is 12.4 Å². The van der Waals surface area contributed by atoms with Crippen LogP contribution in [0.1, 0.15) is 12.0 Å². The van der Waals surface area contributed by atoms with Crippen molar-refractivity contribution in [1.82, 2.24) is 4.90 Å². The summed E-state index contributed by atoms with van der Waals surface area (Å²) in [4.78, 5) is 12.4. The average Bonchev–Trinajstić information content (AvgIpc) is 2.63. The monoisotopic (exact) mass is 291 g/mol. The summed E-state index contributed by atoms with van der Waals surface area (Å²) in [6.45, 7) is 2.58. The van der Waals surface area contributed by atoms with Gasteiger partial charge >= 0.3 is 0 Å². The van der Waals surface area contributed by atoms with E-state index in [1.54, 1.807) is 12.1 Å². The fourth-order valence-corrected chi connectivity index (χ4v) is 2.33. The summed E-state index contributed by atoms with van der Waals surface area (Å²) in [6, 6.07) is 5.09. The molecule has 1 aliphatic rings. The molecule has 18 heavy (non-hydrogen) atoms. The SMILES string of the molecule is Cl.N[C@@H]1CCN(Cc2ccc([N+](=O)[O-])c(Cl)c2)C1. The number of benzene rings is 1. The fraction of sp³-hybridized carbons (Fsp3) is 0.455. The van der Waals surface area contributed by atoms with E-state index < -0.39 is 4.92 Å². The molecule has 0 spiro atoms. The molecule has 0 amide bonds. The van der Waals surface area contributed by atoms with Crippen molar-refractivity contribution in [2.45, 2.75) is 19.0 Å². The van der Waals surface area contributed by atoms with Crippen LogP contribution in [-0.4, -0.2) is 29.0 Å². The lowest BCUT2D eigenvalue weighted by Crippen LogP contribution is -2.26. The zero-order chi connectivity index (χ0) is 12.4. The zero-order valence-corrected chi connectivity index (χ0v) is 11.3. The Balaban J connectivity index is 0.00000162. The Hall–Kier alpha value is -0.880. The average molecular weight is 292 g/mol. The van der Waals surface area contributed by atoms with Gasteiger partial charge in [0.05, 0.1) is 4.92 Å². The molecule has 0 aromatic heterocycles. The van der Waals surface area contributed by atoms with Gasteiger partial charge in [0.25, 0.3) is 5.69 Å². The van der Waals surface area contributed by atoms with Gasteiger partial charge < -0.3 is 5.73 Å². The molecule has 7 heteroatoms. The van der Waals surface area contributed by atoms with Crippen molar-refractivity contribution in [1.29, 1.82) is 0 Å². The number of hydrogen-bond acceptors (Lipinski definition) is 4. The molecule has 0 bridgehead atoms. The predicted molar refractivity (Wildman–Crippen MR) is 73.2 cm³/mol. The van der Waals surface area contributed by atoms with E-state index in [-0.39, 0.29) is 29.2 Å². The van der Waals surface area contributed by atoms with Gasteiger partial charge in [-0.25, -0.2) is 0 Å². The zero-order valence-electron chi connectivity index (χ0n) is 9.71. The number of likely N-dealkylation sites (tertiary alicyclic amines) is 1. The number of nitro groups is 1. The van der Waals surface area contributed by atoms with Crippen molar-refractivity contribution in [3.05, 3.63) is 38.9 Å². The number of nitrogens with zero attached hydrogens (tertiary/aromatic N) is 2. The Morgan fingerprint density at radius 2 is 2.28 bits per heavy atom. The molecular formula is C11H15Cl2N3O2. The van der Waals surface area contributed by atoms with Gasteiger partial charge in [-0.2, -0.15) is 0 Å². The van der Waals surface area contributed by atoms with Crippen LogP contribution in [0.2, 0.25) is 5.02 Å². The van der Waals surface area contributed by atoms with Crippen LogP contribution in [0.4, 0.5) is 5.69 Å². The number of halogens is 2. The van der Waals surface area contributed by atoms with Crippen molar-refractivity contribution in [2.75, 3.05) is 13.1 Å². The van der Waals surface area contributed by atoms with Gasteiger partial charge in [-0.05, 0) is 18.1 Å². The molecule has 1 atom stereocenters. The summed E-state index contributed by atoms with van der Waals surface area (Å²) in [5.41, 5.74) is 6.75. The van der Waals surface area contributed by atoms with Crippen LogP contribution >= 0.6 is 24.0 Å². The highest BCUT2D eigenvalue weighted by molar-refractivity contribution is 6.32. The Morgan fingerprint density at radius 1 is 1.56 bits per heavy atom. The third-order valence-electron chi connectivity index (χ3n) is 2.92. The second-order valence-corrected chi connectivity index (χ2v) is 4.73. The first kappa shape index (κ1) is 15.2. The van der Waals surface area contributed by atoms with Crippen molar-refractivity contribution < 1.29 is 4.92 Å². The molecule has 100 valence electrons. The van der Waals surface area contributed by atoms with Crippen molar-refractivity contribution in [2.24, 2.45) is 5.73 Å². The molecule has 0 radical (unpaired) electrons. The topological polar surface area (TPSA) is 72.4 Å². The lowest BCUT2D eigenvalue weighted by atomic mass is 10.2. The molecule has 2 rings (SSSR count). The Bertz CT molecular complexity index is 442. The van der Waals surface area contributed by atoms with Crippen LogP contribution in [0.3, 0.4) is 0 Å². The highest BCUT2D eigenvalue weighted by Crippen LogP contribution is 2.26. The second-order valence-electron chi connectivity index (χ2n) is 4.33. The first-order chi connectivity index (χ1) is 8.06. The van der Waals surface area contributed by atoms with E-state index in [9.17, 15) is 10.1 Å². The maximum Gasteiger partial charge on any atom is 0.287 e. The molecule has 0 aliphatic carbocycles. The van der Waals surface area contributed by atoms with Crippen LogP contribution in [-0.2, 0) is 6.54 Å². The largest absolute Gasteiger partial charge is 0.326 e. The molecule has 2 N–H and O–H groups in total. The third kappa shape index (κ3) is 3.55. The van der Waals surface area contributed by atoms with Crippen LogP contribution in [0, 0.1) is 10.1 Å². The highest BCUT2D eigenvalue weighted by atomic mass is 35.5. The Morgan fingerprint density at radius 3 is 2.78 bits per heavy atom. The quantitative estimate of drug-likeness (QED) is 0.684. The third-order valence-corrected chi connectivity index (χ3v) is 3.23. The van der Waals surface area contributed by atoms with E-state index in [2.05, 4.69) is 4.90 Å². The lowest BCUT2D eigenvalue weighted by molar-refractivity contribution is -0.384. The maximum absolute atomic E-state index is 10.6. The van der Waals surface area contributed by atoms with Gasteiger partial charge in [0.1, 0.15) is 5.02 Å². The molecule has 1 fully saturated rings. The Kier molecular flexibility index (Phi) is 5.34. The molecule has 1 heterocycles. The Labute approximate surface area is 116 Å². The first-order valence-electron chi connectivity index (χ1n) is 5.47. The maximum atomic E-state index is 10.6. The summed E-state index contributed by atoms with van der Waals surface area (Å²) in [5.74, 6) is 0. The van der Waals surface area contributed by atoms with Gasteiger partial charge in [0, 0.05) is 31.7 Å². The van der Waals surface area contributed by atoms with Crippen molar-refractivity contribution in [3.63, 3.8) is 0 Å². The summed E-state index contributed by atoms with van der Waals surface area (Å²) in [6.07, 6.45) is 1.00. The van der Waals surface area contributed by atoms with Crippen molar-refractivity contribution >= 4 is 29.7 Å².